The number of ether oxygens (including phenoxy) is 8. The third-order valence-electron chi connectivity index (χ3n) is 10.5. The Balaban J connectivity index is 1.61. The second kappa shape index (κ2) is 22.3. The van der Waals surface area contributed by atoms with E-state index in [1.807, 2.05) is 0 Å². The molecule has 0 aromatic heterocycles. The van der Waals surface area contributed by atoms with Crippen molar-refractivity contribution >= 4 is 28.2 Å². The fourth-order valence-electron chi connectivity index (χ4n) is 7.58. The molecular weight excluding hydrogens is 886 g/mol. The molecular formula is C33H57N3O26S. The summed E-state index contributed by atoms with van der Waals surface area (Å²) < 4.78 is 82.7. The number of aliphatic hydroxyl groups excluding tert-OH is 10. The molecule has 30 heteroatoms. The summed E-state index contributed by atoms with van der Waals surface area (Å²) in [5.41, 5.74) is 5.53. The van der Waals surface area contributed by atoms with Crippen molar-refractivity contribution in [1.29, 1.82) is 0 Å². The summed E-state index contributed by atoms with van der Waals surface area (Å²) in [7, 11) is -5.55. The minimum atomic E-state index is -5.55. The van der Waals surface area contributed by atoms with E-state index in [1.54, 1.807) is 0 Å². The van der Waals surface area contributed by atoms with Gasteiger partial charge in [0.25, 0.3) is 5.79 Å². The molecule has 4 saturated heterocycles. The van der Waals surface area contributed by atoms with Crippen LogP contribution in [-0.4, -0.2) is 248 Å². The monoisotopic (exact) mass is 943 g/mol. The number of carboxylic acids is 1. The van der Waals surface area contributed by atoms with Crippen LogP contribution < -0.4 is 16.4 Å². The fourth-order valence-corrected chi connectivity index (χ4v) is 8.10. The number of carboxylic acid groups (broad SMARTS) is 1. The van der Waals surface area contributed by atoms with Crippen molar-refractivity contribution in [2.24, 2.45) is 5.73 Å². The van der Waals surface area contributed by atoms with Crippen LogP contribution in [0.3, 0.4) is 0 Å². The minimum absolute atomic E-state index is 0.00840. The van der Waals surface area contributed by atoms with Gasteiger partial charge in [0.15, 0.2) is 18.9 Å². The zero-order valence-electron chi connectivity index (χ0n) is 33.9. The van der Waals surface area contributed by atoms with Crippen LogP contribution in [0.4, 0.5) is 0 Å². The van der Waals surface area contributed by atoms with E-state index in [1.165, 1.54) is 6.92 Å². The second-order valence-electron chi connectivity index (χ2n) is 15.2. The lowest BCUT2D eigenvalue weighted by atomic mass is 9.88. The molecule has 0 radical (unpaired) electrons. The van der Waals surface area contributed by atoms with E-state index < -0.39 is 183 Å². The number of amides is 2. The number of carbonyl (C=O) groups is 3. The lowest BCUT2D eigenvalue weighted by molar-refractivity contribution is -0.388. The van der Waals surface area contributed by atoms with Gasteiger partial charge >= 0.3 is 16.4 Å². The Morgan fingerprint density at radius 3 is 1.86 bits per heavy atom. The SMILES string of the molecule is CC(=O)N[C@H]1[C@H](OCCN)O[C@H](CO)[C@@H](O)[C@@H]1O[C@H]1O[C@H](C)[C@H](O[C@@H]2O[C@H](CO)[C@H](O)[C@H](O[C@@]3(C(=O)O)C[C@H](O)[C@@H](NC(C)=O)[C@H]([C@H](OS(=O)(=O)O)[C@H](O)CO)O3)[C@H]2O)[C@H](O)[C@H]1O. The number of nitrogens with two attached hydrogens (primary N) is 1. The average molecular weight is 944 g/mol. The highest BCUT2D eigenvalue weighted by Crippen LogP contribution is 2.39. The van der Waals surface area contributed by atoms with Crippen molar-refractivity contribution in [2.75, 3.05) is 33.0 Å². The number of hydrogen-bond acceptors (Lipinski definition) is 25. The van der Waals surface area contributed by atoms with Crippen LogP contribution in [0.5, 0.6) is 0 Å². The lowest BCUT2D eigenvalue weighted by Crippen LogP contribution is -2.71. The molecule has 2 amide bonds. The van der Waals surface area contributed by atoms with E-state index in [0.29, 0.717) is 0 Å². The number of hydrogen-bond donors (Lipinski definition) is 15. The number of rotatable bonds is 19. The summed E-state index contributed by atoms with van der Waals surface area (Å²) in [6, 6.07) is -3.15. The van der Waals surface area contributed by atoms with E-state index in [0.717, 1.165) is 13.8 Å². The maximum absolute atomic E-state index is 13.0. The van der Waals surface area contributed by atoms with Gasteiger partial charge in [-0.1, -0.05) is 0 Å². The van der Waals surface area contributed by atoms with Gasteiger partial charge in [-0.05, 0) is 6.92 Å². The number of carbonyl (C=O) groups excluding carboxylic acids is 2. The smallest absolute Gasteiger partial charge is 0.397 e. The molecule has 4 rings (SSSR count). The number of aliphatic hydroxyl groups is 10. The topological polar surface area (TPSA) is 461 Å². The maximum atomic E-state index is 13.0. The van der Waals surface area contributed by atoms with Crippen molar-refractivity contribution in [3.63, 3.8) is 0 Å². The van der Waals surface area contributed by atoms with Gasteiger partial charge in [-0.25, -0.2) is 8.98 Å². The van der Waals surface area contributed by atoms with Gasteiger partial charge in [0.2, 0.25) is 11.8 Å². The zero-order chi connectivity index (χ0) is 47.3. The van der Waals surface area contributed by atoms with Gasteiger partial charge in [0.05, 0.1) is 44.7 Å². The van der Waals surface area contributed by atoms with Crippen molar-refractivity contribution in [2.45, 2.75) is 155 Å². The lowest BCUT2D eigenvalue weighted by Gasteiger charge is -2.51. The van der Waals surface area contributed by atoms with E-state index in [4.69, 9.17) is 43.6 Å². The summed E-state index contributed by atoms with van der Waals surface area (Å²) in [5.74, 6) is -6.99. The van der Waals surface area contributed by atoms with Crippen molar-refractivity contribution in [3.8, 4) is 0 Å². The molecule has 366 valence electrons. The molecule has 0 aliphatic carbocycles. The third kappa shape index (κ3) is 12.5. The first-order valence-electron chi connectivity index (χ1n) is 19.4. The predicted octanol–water partition coefficient (Wildman–Crippen LogP) is -9.42. The number of aliphatic carboxylic acids is 1. The maximum Gasteiger partial charge on any atom is 0.397 e. The van der Waals surface area contributed by atoms with Crippen LogP contribution in [0.15, 0.2) is 0 Å². The van der Waals surface area contributed by atoms with Gasteiger partial charge < -0.3 is 110 Å². The molecule has 4 heterocycles. The van der Waals surface area contributed by atoms with Crippen LogP contribution in [0, 0.1) is 0 Å². The first-order valence-corrected chi connectivity index (χ1v) is 20.8. The molecule has 0 saturated carbocycles. The average Bonchev–Trinajstić information content (AvgIpc) is 3.20. The Labute approximate surface area is 358 Å². The molecule has 0 aromatic carbocycles. The van der Waals surface area contributed by atoms with Gasteiger partial charge in [-0.15, -0.1) is 0 Å². The van der Waals surface area contributed by atoms with E-state index >= 15 is 0 Å². The van der Waals surface area contributed by atoms with Crippen molar-refractivity contribution in [3.05, 3.63) is 0 Å². The standard InChI is InChI=1S/C33H57N3O26S/c1-10-24(21(46)22(47)30(55-10)59-26-18(36-12(3)41)29(54-5-4-34)56-15(8-38)19(26)44)58-31-23(48)28(20(45)16(9-39)57-31)61-33(32(49)50)6-13(42)17(35-11(2)40)27(60-33)25(14(43)7-37)62-63(51,52)53/h10,13-31,37-39,42-48H,4-9,34H2,1-3H3,(H,35,40)(H,36,41)(H,49,50)(H,51,52,53)/t10-,13+,14-,15-,16-,17-,18-,19-,20+,21-,22-,23-,24+,25-,26-,27-,28+,29-,30-,31+,33-/m1/s1. The molecule has 0 unspecified atom stereocenters. The van der Waals surface area contributed by atoms with Crippen LogP contribution in [0.1, 0.15) is 27.2 Å². The van der Waals surface area contributed by atoms with Crippen molar-refractivity contribution < 1.29 is 126 Å². The van der Waals surface area contributed by atoms with Crippen LogP contribution in [-0.2, 0) is 66.9 Å². The first kappa shape index (κ1) is 53.1. The summed E-state index contributed by atoms with van der Waals surface area (Å²) in [4.78, 5) is 37.2. The molecule has 63 heavy (non-hydrogen) atoms. The molecule has 4 aliphatic heterocycles. The molecule has 21 atom stereocenters. The Morgan fingerprint density at radius 1 is 0.794 bits per heavy atom. The largest absolute Gasteiger partial charge is 0.477 e. The molecule has 16 N–H and O–H groups in total. The summed E-state index contributed by atoms with van der Waals surface area (Å²) in [6.45, 7) is 0.0912. The van der Waals surface area contributed by atoms with Gasteiger partial charge in [0.1, 0.15) is 85.4 Å². The minimum Gasteiger partial charge on any atom is -0.477 e. The van der Waals surface area contributed by atoms with Crippen LogP contribution >= 0.6 is 0 Å². The molecule has 0 spiro atoms. The van der Waals surface area contributed by atoms with E-state index in [9.17, 15) is 83.5 Å². The van der Waals surface area contributed by atoms with Gasteiger partial charge in [-0.2, -0.15) is 8.42 Å². The van der Waals surface area contributed by atoms with Gasteiger partial charge in [0, 0.05) is 26.8 Å². The van der Waals surface area contributed by atoms with Crippen LogP contribution in [0.2, 0.25) is 0 Å². The summed E-state index contributed by atoms with van der Waals surface area (Å²) in [5, 5.41) is 123. The second-order valence-corrected chi connectivity index (χ2v) is 16.2. The van der Waals surface area contributed by atoms with Crippen molar-refractivity contribution in [1.82, 2.24) is 10.6 Å². The summed E-state index contributed by atoms with van der Waals surface area (Å²) in [6.07, 6.45) is -36.1. The normalized spacial score (nSPS) is 42.2. The van der Waals surface area contributed by atoms with Crippen LogP contribution in [0.25, 0.3) is 0 Å². The Kier molecular flexibility index (Phi) is 18.8. The molecule has 29 nitrogen and oxygen atoms in total. The third-order valence-corrected chi connectivity index (χ3v) is 11.0. The van der Waals surface area contributed by atoms with Gasteiger partial charge in [-0.3, -0.25) is 14.1 Å². The fraction of sp³-hybridized carbons (Fsp3) is 0.909. The Morgan fingerprint density at radius 2 is 1.33 bits per heavy atom. The predicted molar refractivity (Wildman–Crippen MR) is 196 cm³/mol. The zero-order valence-corrected chi connectivity index (χ0v) is 34.7. The molecule has 4 fully saturated rings. The Bertz CT molecular complexity index is 1640. The highest BCUT2D eigenvalue weighted by Gasteiger charge is 2.61. The van der Waals surface area contributed by atoms with E-state index in [-0.39, 0.29) is 13.2 Å². The molecule has 4 aliphatic rings. The molecule has 0 aromatic rings. The highest BCUT2D eigenvalue weighted by molar-refractivity contribution is 7.80. The molecule has 0 bridgehead atoms. The number of nitrogens with one attached hydrogen (secondary N) is 2. The summed E-state index contributed by atoms with van der Waals surface area (Å²) >= 11 is 0. The van der Waals surface area contributed by atoms with E-state index in [2.05, 4.69) is 14.8 Å². The quantitative estimate of drug-likeness (QED) is 0.0535. The Hall–Kier alpha value is -2.48. The first-order chi connectivity index (χ1) is 29.4. The highest BCUT2D eigenvalue weighted by atomic mass is 32.3.